The van der Waals surface area contributed by atoms with Gasteiger partial charge in [-0.3, -0.25) is 5.41 Å². The van der Waals surface area contributed by atoms with Gasteiger partial charge in [-0.05, 0) is 61.0 Å². The average molecular weight is 395 g/mol. The van der Waals surface area contributed by atoms with Crippen LogP contribution in [0, 0.1) is 12.3 Å². The Balaban J connectivity index is 1.60. The maximum Gasteiger partial charge on any atom is 0.145 e. The van der Waals surface area contributed by atoms with Crippen LogP contribution in [0.4, 0.5) is 17.3 Å². The number of nitrogen functional groups attached to an aromatic ring is 1. The molecular formula is C24H21N5O. The first-order chi connectivity index (χ1) is 14.6. The summed E-state index contributed by atoms with van der Waals surface area (Å²) in [5.41, 5.74) is 9.48. The molecule has 0 fully saturated rings. The van der Waals surface area contributed by atoms with Gasteiger partial charge in [0, 0.05) is 11.3 Å². The third-order valence-electron chi connectivity index (χ3n) is 4.53. The second kappa shape index (κ2) is 8.45. The zero-order valence-corrected chi connectivity index (χ0v) is 16.5. The molecular weight excluding hydrogens is 374 g/mol. The van der Waals surface area contributed by atoms with Crippen LogP contribution in [-0.4, -0.2) is 15.7 Å². The van der Waals surface area contributed by atoms with Gasteiger partial charge in [0.25, 0.3) is 0 Å². The number of ether oxygens (including phenoxy) is 1. The molecule has 0 saturated carbocycles. The molecule has 6 nitrogen and oxygen atoms in total. The lowest BCUT2D eigenvalue weighted by Gasteiger charge is -2.14. The largest absolute Gasteiger partial charge is 0.457 e. The fourth-order valence-electron chi connectivity index (χ4n) is 3.06. The lowest BCUT2D eigenvalue weighted by atomic mass is 10.0. The first-order valence-corrected chi connectivity index (χ1v) is 9.46. The van der Waals surface area contributed by atoms with Crippen LogP contribution in [0.5, 0.6) is 11.5 Å². The quantitative estimate of drug-likeness (QED) is 0.384. The minimum atomic E-state index is 0.231. The second-order valence-electron chi connectivity index (χ2n) is 6.79. The van der Waals surface area contributed by atoms with E-state index >= 15 is 0 Å². The summed E-state index contributed by atoms with van der Waals surface area (Å²) in [6, 6.07) is 24.8. The molecule has 4 N–H and O–H groups in total. The monoisotopic (exact) mass is 395 g/mol. The van der Waals surface area contributed by atoms with Crippen LogP contribution in [0.3, 0.4) is 0 Å². The zero-order valence-electron chi connectivity index (χ0n) is 16.5. The highest BCUT2D eigenvalue weighted by Crippen LogP contribution is 2.27. The normalized spacial score (nSPS) is 10.4. The van der Waals surface area contributed by atoms with E-state index in [4.69, 9.17) is 15.9 Å². The molecule has 0 unspecified atom stereocenters. The van der Waals surface area contributed by atoms with Crippen molar-refractivity contribution >= 4 is 23.0 Å². The third-order valence-corrected chi connectivity index (χ3v) is 4.53. The van der Waals surface area contributed by atoms with Gasteiger partial charge >= 0.3 is 0 Å². The minimum Gasteiger partial charge on any atom is -0.457 e. The first-order valence-electron chi connectivity index (χ1n) is 9.46. The molecule has 30 heavy (non-hydrogen) atoms. The van der Waals surface area contributed by atoms with Crippen molar-refractivity contribution in [1.82, 2.24) is 9.97 Å². The van der Waals surface area contributed by atoms with Gasteiger partial charge in [-0.25, -0.2) is 9.97 Å². The highest BCUT2D eigenvalue weighted by molar-refractivity contribution is 6.16. The highest BCUT2D eigenvalue weighted by atomic mass is 16.5. The predicted molar refractivity (Wildman–Crippen MR) is 120 cm³/mol. The zero-order chi connectivity index (χ0) is 20.9. The summed E-state index contributed by atoms with van der Waals surface area (Å²) in [7, 11) is 0. The van der Waals surface area contributed by atoms with Gasteiger partial charge < -0.3 is 15.8 Å². The van der Waals surface area contributed by atoms with Gasteiger partial charge in [-0.1, -0.05) is 30.3 Å². The molecule has 0 aliphatic rings. The summed E-state index contributed by atoms with van der Waals surface area (Å²) >= 11 is 0. The van der Waals surface area contributed by atoms with Crippen molar-refractivity contribution in [3.8, 4) is 11.5 Å². The van der Waals surface area contributed by atoms with E-state index in [0.29, 0.717) is 22.7 Å². The first kappa shape index (κ1) is 19.1. The molecule has 4 aromatic rings. The Morgan fingerprint density at radius 1 is 0.900 bits per heavy atom. The van der Waals surface area contributed by atoms with Gasteiger partial charge in [0.05, 0.1) is 11.3 Å². The molecule has 0 aliphatic heterocycles. The summed E-state index contributed by atoms with van der Waals surface area (Å²) in [5.74, 6) is 2.18. The predicted octanol–water partition coefficient (Wildman–Crippen LogP) is 5.32. The molecule has 0 spiro atoms. The average Bonchev–Trinajstić information content (AvgIpc) is 2.75. The third kappa shape index (κ3) is 4.28. The van der Waals surface area contributed by atoms with Gasteiger partial charge in [-0.15, -0.1) is 0 Å². The van der Waals surface area contributed by atoms with E-state index in [1.807, 2.05) is 85.8 Å². The number of nitrogens with zero attached hydrogens (tertiary/aromatic N) is 2. The van der Waals surface area contributed by atoms with Crippen LogP contribution in [0.25, 0.3) is 0 Å². The van der Waals surface area contributed by atoms with Crippen LogP contribution < -0.4 is 15.8 Å². The summed E-state index contributed by atoms with van der Waals surface area (Å²) in [6.45, 7) is 2.02. The summed E-state index contributed by atoms with van der Waals surface area (Å²) in [5, 5.41) is 12.0. The lowest BCUT2D eigenvalue weighted by Crippen LogP contribution is -2.12. The van der Waals surface area contributed by atoms with E-state index in [-0.39, 0.29) is 11.5 Å². The molecule has 6 heteroatoms. The number of hydrogen-bond donors (Lipinski definition) is 3. The second-order valence-corrected chi connectivity index (χ2v) is 6.79. The number of para-hydroxylation sites is 1. The van der Waals surface area contributed by atoms with Gasteiger partial charge in [0.2, 0.25) is 0 Å². The van der Waals surface area contributed by atoms with Crippen molar-refractivity contribution in [2.24, 2.45) is 0 Å². The summed E-state index contributed by atoms with van der Waals surface area (Å²) < 4.78 is 5.82. The van der Waals surface area contributed by atoms with E-state index < -0.39 is 0 Å². The van der Waals surface area contributed by atoms with Gasteiger partial charge in [-0.2, -0.15) is 0 Å². The van der Waals surface area contributed by atoms with Gasteiger partial charge in [0.15, 0.2) is 0 Å². The number of aryl methyl sites for hydroxylation is 1. The van der Waals surface area contributed by atoms with E-state index in [9.17, 15) is 0 Å². The molecule has 1 heterocycles. The topological polar surface area (TPSA) is 96.9 Å². The van der Waals surface area contributed by atoms with E-state index in [1.165, 1.54) is 6.33 Å². The van der Waals surface area contributed by atoms with Crippen LogP contribution in [0.15, 0.2) is 85.2 Å². The summed E-state index contributed by atoms with van der Waals surface area (Å²) in [4.78, 5) is 8.40. The molecule has 0 amide bonds. The van der Waals surface area contributed by atoms with Gasteiger partial charge in [0.1, 0.15) is 29.5 Å². The molecule has 0 saturated heterocycles. The molecule has 148 valence electrons. The number of nitrogens with one attached hydrogen (secondary N) is 2. The van der Waals surface area contributed by atoms with Crippen LogP contribution in [0.1, 0.15) is 16.7 Å². The smallest absolute Gasteiger partial charge is 0.145 e. The molecule has 3 aromatic carbocycles. The minimum absolute atomic E-state index is 0.231. The van der Waals surface area contributed by atoms with Crippen molar-refractivity contribution in [3.05, 3.63) is 102 Å². The number of rotatable bonds is 6. The van der Waals surface area contributed by atoms with Crippen molar-refractivity contribution in [3.63, 3.8) is 0 Å². The Morgan fingerprint density at radius 3 is 2.37 bits per heavy atom. The number of benzene rings is 3. The Bertz CT molecular complexity index is 1170. The number of aromatic nitrogens is 2. The Kier molecular flexibility index (Phi) is 5.39. The molecule has 4 rings (SSSR count). The van der Waals surface area contributed by atoms with Crippen LogP contribution in [0.2, 0.25) is 0 Å². The van der Waals surface area contributed by atoms with E-state index in [1.54, 1.807) is 0 Å². The van der Waals surface area contributed by atoms with Crippen molar-refractivity contribution in [2.45, 2.75) is 6.92 Å². The number of hydrogen-bond acceptors (Lipinski definition) is 6. The van der Waals surface area contributed by atoms with Crippen molar-refractivity contribution in [2.75, 3.05) is 11.1 Å². The maximum atomic E-state index is 8.71. The Morgan fingerprint density at radius 2 is 1.63 bits per heavy atom. The molecule has 0 radical (unpaired) electrons. The number of anilines is 3. The lowest BCUT2D eigenvalue weighted by molar-refractivity contribution is 0.482. The summed E-state index contributed by atoms with van der Waals surface area (Å²) in [6.07, 6.45) is 1.39. The fraction of sp³-hybridized carbons (Fsp3) is 0.0417. The Labute approximate surface area is 174 Å². The molecule has 0 bridgehead atoms. The Hall–Kier alpha value is -4.19. The van der Waals surface area contributed by atoms with Crippen molar-refractivity contribution in [1.29, 1.82) is 5.41 Å². The SMILES string of the molecule is Cc1cccc(Nc2ncnc(N)c2C(=N)c2ccc(Oc3ccccc3)cc2)c1. The fourth-order valence-corrected chi connectivity index (χ4v) is 3.06. The van der Waals surface area contributed by atoms with Crippen molar-refractivity contribution < 1.29 is 4.74 Å². The van der Waals surface area contributed by atoms with Crippen LogP contribution >= 0.6 is 0 Å². The van der Waals surface area contributed by atoms with Crippen LogP contribution in [-0.2, 0) is 0 Å². The van der Waals surface area contributed by atoms with E-state index in [2.05, 4.69) is 15.3 Å². The van der Waals surface area contributed by atoms with E-state index in [0.717, 1.165) is 17.0 Å². The highest BCUT2D eigenvalue weighted by Gasteiger charge is 2.16. The maximum absolute atomic E-state index is 8.71. The molecule has 0 atom stereocenters. The molecule has 0 aliphatic carbocycles. The standard InChI is InChI=1S/C24H21N5O/c1-16-6-5-7-18(14-16)29-24-21(23(26)27-15-28-24)22(25)17-10-12-20(13-11-17)30-19-8-3-2-4-9-19/h2-15,25H,1H3,(H3,26,27,28,29). The number of nitrogens with two attached hydrogens (primary N) is 1. The molecule has 1 aromatic heterocycles.